The van der Waals surface area contributed by atoms with E-state index in [1.807, 2.05) is 12.1 Å². The molecule has 1 aromatic heterocycles. The number of nitrogens with zero attached hydrogens (tertiary/aromatic N) is 2. The Kier molecular flexibility index (Phi) is 3.36. The van der Waals surface area contributed by atoms with Crippen LogP contribution in [0.4, 0.5) is 5.82 Å². The Morgan fingerprint density at radius 3 is 3.19 bits per heavy atom. The molecule has 0 saturated carbocycles. The van der Waals surface area contributed by atoms with Gasteiger partial charge in [-0.25, -0.2) is 4.98 Å². The van der Waals surface area contributed by atoms with Gasteiger partial charge < -0.3 is 11.1 Å². The lowest BCUT2D eigenvalue weighted by atomic mass is 10.2. The summed E-state index contributed by atoms with van der Waals surface area (Å²) in [6.45, 7) is 3.23. The highest BCUT2D eigenvalue weighted by Crippen LogP contribution is 2.08. The molecule has 1 aliphatic heterocycles. The van der Waals surface area contributed by atoms with Crippen LogP contribution in [-0.2, 0) is 11.3 Å². The molecular formula is C11H16N4O. The van der Waals surface area contributed by atoms with Crippen LogP contribution in [0, 0.1) is 0 Å². The number of aromatic nitrogens is 1. The van der Waals surface area contributed by atoms with E-state index in [0.717, 1.165) is 31.7 Å². The van der Waals surface area contributed by atoms with E-state index in [-0.39, 0.29) is 5.91 Å². The highest BCUT2D eigenvalue weighted by atomic mass is 16.1. The number of carbonyl (C=O) groups is 1. The minimum absolute atomic E-state index is 0.136. The zero-order chi connectivity index (χ0) is 11.4. The van der Waals surface area contributed by atoms with Gasteiger partial charge in [0.25, 0.3) is 0 Å². The number of nitrogens with one attached hydrogen (secondary N) is 1. The van der Waals surface area contributed by atoms with Crippen LogP contribution in [0.15, 0.2) is 18.3 Å². The molecule has 0 spiro atoms. The maximum absolute atomic E-state index is 11.2. The molecule has 2 rings (SSSR count). The van der Waals surface area contributed by atoms with Crippen molar-refractivity contribution in [2.75, 3.05) is 25.4 Å². The Morgan fingerprint density at radius 1 is 1.50 bits per heavy atom. The second-order valence-electron chi connectivity index (χ2n) is 3.97. The predicted octanol–water partition coefficient (Wildman–Crippen LogP) is -0.0143. The first-order valence-electron chi connectivity index (χ1n) is 5.43. The lowest BCUT2D eigenvalue weighted by Gasteiger charge is -2.18. The molecule has 86 valence electrons. The number of anilines is 1. The van der Waals surface area contributed by atoms with Gasteiger partial charge in [-0.15, -0.1) is 0 Å². The molecule has 0 aliphatic carbocycles. The summed E-state index contributed by atoms with van der Waals surface area (Å²) in [5, 5.41) is 2.85. The van der Waals surface area contributed by atoms with Gasteiger partial charge in [0, 0.05) is 38.8 Å². The minimum atomic E-state index is 0.136. The molecule has 0 atom stereocenters. The second kappa shape index (κ2) is 4.94. The SMILES string of the molecule is Nc1cc(CN2CCNC(=O)CC2)ccn1. The monoisotopic (exact) mass is 220 g/mol. The topological polar surface area (TPSA) is 71.2 Å². The zero-order valence-electron chi connectivity index (χ0n) is 9.15. The van der Waals surface area contributed by atoms with Gasteiger partial charge in [0.1, 0.15) is 5.82 Å². The number of hydrogen-bond donors (Lipinski definition) is 2. The molecule has 0 bridgehead atoms. The smallest absolute Gasteiger partial charge is 0.221 e. The summed E-state index contributed by atoms with van der Waals surface area (Å²) in [7, 11) is 0. The van der Waals surface area contributed by atoms with Crippen molar-refractivity contribution in [3.63, 3.8) is 0 Å². The van der Waals surface area contributed by atoms with Crippen molar-refractivity contribution in [3.05, 3.63) is 23.9 Å². The Morgan fingerprint density at radius 2 is 2.38 bits per heavy atom. The Balaban J connectivity index is 1.96. The maximum atomic E-state index is 11.2. The Labute approximate surface area is 94.6 Å². The molecule has 0 radical (unpaired) electrons. The second-order valence-corrected chi connectivity index (χ2v) is 3.97. The van der Waals surface area contributed by atoms with Gasteiger partial charge in [-0.05, 0) is 17.7 Å². The number of rotatable bonds is 2. The molecular weight excluding hydrogens is 204 g/mol. The van der Waals surface area contributed by atoms with Gasteiger partial charge in [0.15, 0.2) is 0 Å². The van der Waals surface area contributed by atoms with E-state index in [0.29, 0.717) is 12.2 Å². The third kappa shape index (κ3) is 2.93. The largest absolute Gasteiger partial charge is 0.384 e. The van der Waals surface area contributed by atoms with Crippen molar-refractivity contribution in [2.45, 2.75) is 13.0 Å². The summed E-state index contributed by atoms with van der Waals surface area (Å²) >= 11 is 0. The van der Waals surface area contributed by atoms with Crippen LogP contribution in [-0.4, -0.2) is 35.4 Å². The van der Waals surface area contributed by atoms with Crippen molar-refractivity contribution >= 4 is 11.7 Å². The standard InChI is InChI=1S/C11H16N4O/c12-10-7-9(1-3-13-10)8-15-5-2-11(16)14-4-6-15/h1,3,7H,2,4-6,8H2,(H2,12,13)(H,14,16). The summed E-state index contributed by atoms with van der Waals surface area (Å²) in [6.07, 6.45) is 2.28. The molecule has 1 fully saturated rings. The molecule has 1 aromatic rings. The summed E-state index contributed by atoms with van der Waals surface area (Å²) in [4.78, 5) is 17.4. The molecule has 5 heteroatoms. The maximum Gasteiger partial charge on any atom is 0.221 e. The number of nitrogen functional groups attached to an aromatic ring is 1. The van der Waals surface area contributed by atoms with Gasteiger partial charge in [0.05, 0.1) is 0 Å². The van der Waals surface area contributed by atoms with Crippen LogP contribution in [0.25, 0.3) is 0 Å². The quantitative estimate of drug-likeness (QED) is 0.735. The van der Waals surface area contributed by atoms with Gasteiger partial charge in [-0.3, -0.25) is 9.69 Å². The summed E-state index contributed by atoms with van der Waals surface area (Å²) in [6, 6.07) is 3.83. The molecule has 1 amide bonds. The highest BCUT2D eigenvalue weighted by Gasteiger charge is 2.13. The molecule has 0 aromatic carbocycles. The summed E-state index contributed by atoms with van der Waals surface area (Å²) in [5.74, 6) is 0.679. The van der Waals surface area contributed by atoms with Crippen LogP contribution in [0.5, 0.6) is 0 Å². The number of nitrogens with two attached hydrogens (primary N) is 1. The third-order valence-corrected chi connectivity index (χ3v) is 2.66. The Bertz CT molecular complexity index is 380. The fourth-order valence-corrected chi connectivity index (χ4v) is 1.82. The first-order chi connectivity index (χ1) is 7.74. The number of pyridine rings is 1. The van der Waals surface area contributed by atoms with Crippen LogP contribution in [0.2, 0.25) is 0 Å². The fourth-order valence-electron chi connectivity index (χ4n) is 1.82. The van der Waals surface area contributed by atoms with E-state index >= 15 is 0 Å². The van der Waals surface area contributed by atoms with E-state index in [4.69, 9.17) is 5.73 Å². The number of amides is 1. The lowest BCUT2D eigenvalue weighted by Crippen LogP contribution is -2.28. The fraction of sp³-hybridized carbons (Fsp3) is 0.455. The number of carbonyl (C=O) groups excluding carboxylic acids is 1. The van der Waals surface area contributed by atoms with Crippen molar-refractivity contribution < 1.29 is 4.79 Å². The van der Waals surface area contributed by atoms with E-state index in [2.05, 4.69) is 15.2 Å². The van der Waals surface area contributed by atoms with Crippen LogP contribution in [0.1, 0.15) is 12.0 Å². The molecule has 16 heavy (non-hydrogen) atoms. The molecule has 5 nitrogen and oxygen atoms in total. The van der Waals surface area contributed by atoms with Crippen molar-refractivity contribution in [1.82, 2.24) is 15.2 Å². The van der Waals surface area contributed by atoms with Crippen molar-refractivity contribution in [2.24, 2.45) is 0 Å². The van der Waals surface area contributed by atoms with E-state index in [1.165, 1.54) is 0 Å². The van der Waals surface area contributed by atoms with E-state index in [9.17, 15) is 4.79 Å². The van der Waals surface area contributed by atoms with Gasteiger partial charge in [-0.2, -0.15) is 0 Å². The lowest BCUT2D eigenvalue weighted by molar-refractivity contribution is -0.120. The molecule has 0 unspecified atom stereocenters. The van der Waals surface area contributed by atoms with Crippen LogP contribution < -0.4 is 11.1 Å². The molecule has 3 N–H and O–H groups in total. The number of hydrogen-bond acceptors (Lipinski definition) is 4. The third-order valence-electron chi connectivity index (χ3n) is 2.66. The van der Waals surface area contributed by atoms with Gasteiger partial charge in [-0.1, -0.05) is 0 Å². The minimum Gasteiger partial charge on any atom is -0.384 e. The van der Waals surface area contributed by atoms with E-state index in [1.54, 1.807) is 6.20 Å². The Hall–Kier alpha value is -1.62. The first kappa shape index (κ1) is 10.9. The highest BCUT2D eigenvalue weighted by molar-refractivity contribution is 5.76. The summed E-state index contributed by atoms with van der Waals surface area (Å²) < 4.78 is 0. The van der Waals surface area contributed by atoms with Crippen molar-refractivity contribution in [3.8, 4) is 0 Å². The molecule has 1 saturated heterocycles. The first-order valence-corrected chi connectivity index (χ1v) is 5.43. The average Bonchev–Trinajstić information content (AvgIpc) is 2.44. The summed E-state index contributed by atoms with van der Waals surface area (Å²) in [5.41, 5.74) is 6.76. The predicted molar refractivity (Wildman–Crippen MR) is 61.6 cm³/mol. The molecule has 1 aliphatic rings. The zero-order valence-corrected chi connectivity index (χ0v) is 9.15. The van der Waals surface area contributed by atoms with E-state index < -0.39 is 0 Å². The normalized spacial score (nSPS) is 17.9. The van der Waals surface area contributed by atoms with Crippen molar-refractivity contribution in [1.29, 1.82) is 0 Å². The van der Waals surface area contributed by atoms with Gasteiger partial charge in [0.2, 0.25) is 5.91 Å². The van der Waals surface area contributed by atoms with Crippen LogP contribution >= 0.6 is 0 Å². The van der Waals surface area contributed by atoms with Gasteiger partial charge >= 0.3 is 0 Å². The average molecular weight is 220 g/mol. The van der Waals surface area contributed by atoms with Crippen LogP contribution in [0.3, 0.4) is 0 Å². The molecule has 2 heterocycles.